The molecule has 1 unspecified atom stereocenters. The Morgan fingerprint density at radius 3 is 2.83 bits per heavy atom. The zero-order valence-corrected chi connectivity index (χ0v) is 15.6. The second kappa shape index (κ2) is 7.55. The topological polar surface area (TPSA) is 61.4 Å². The highest BCUT2D eigenvalue weighted by molar-refractivity contribution is 6.05. The number of anilines is 2. The fourth-order valence-electron chi connectivity index (χ4n) is 3.98. The molecular formula is C22H21F3N2O2. The van der Waals surface area contributed by atoms with Gasteiger partial charge in [-0.05, 0) is 54.2 Å². The van der Waals surface area contributed by atoms with Crippen molar-refractivity contribution in [3.63, 3.8) is 0 Å². The van der Waals surface area contributed by atoms with E-state index in [1.54, 1.807) is 6.07 Å². The zero-order valence-electron chi connectivity index (χ0n) is 15.6. The Labute approximate surface area is 166 Å². The van der Waals surface area contributed by atoms with Gasteiger partial charge in [0.2, 0.25) is 5.91 Å². The van der Waals surface area contributed by atoms with Gasteiger partial charge in [0.05, 0.1) is 11.7 Å². The van der Waals surface area contributed by atoms with E-state index in [1.807, 2.05) is 12.1 Å². The molecule has 1 aliphatic heterocycles. The molecule has 0 fully saturated rings. The molecular weight excluding hydrogens is 381 g/mol. The summed E-state index contributed by atoms with van der Waals surface area (Å²) in [4.78, 5) is 12.6. The average molecular weight is 402 g/mol. The Morgan fingerprint density at radius 1 is 1.21 bits per heavy atom. The van der Waals surface area contributed by atoms with E-state index < -0.39 is 17.8 Å². The number of alkyl halides is 3. The number of aliphatic hydroxyl groups excluding tert-OH is 1. The van der Waals surface area contributed by atoms with Gasteiger partial charge in [-0.25, -0.2) is 0 Å². The van der Waals surface area contributed by atoms with Crippen molar-refractivity contribution in [3.05, 3.63) is 64.7 Å². The summed E-state index contributed by atoms with van der Waals surface area (Å²) in [6, 6.07) is 9.19. The summed E-state index contributed by atoms with van der Waals surface area (Å²) in [6.07, 6.45) is -0.872. The molecule has 1 heterocycles. The predicted molar refractivity (Wildman–Crippen MR) is 106 cm³/mol. The molecule has 2 aromatic rings. The van der Waals surface area contributed by atoms with Gasteiger partial charge in [-0.1, -0.05) is 18.2 Å². The Morgan fingerprint density at radius 2 is 2.03 bits per heavy atom. The number of hydrogen-bond donors (Lipinski definition) is 3. The largest absolute Gasteiger partial charge is 0.416 e. The second-order valence-electron chi connectivity index (χ2n) is 7.43. The van der Waals surface area contributed by atoms with Crippen molar-refractivity contribution in [1.82, 2.24) is 0 Å². The van der Waals surface area contributed by atoms with Crippen LogP contribution in [0, 0.1) is 0 Å². The maximum atomic E-state index is 12.9. The molecule has 0 radical (unpaired) electrons. The van der Waals surface area contributed by atoms with E-state index in [1.165, 1.54) is 12.1 Å². The lowest BCUT2D eigenvalue weighted by molar-refractivity contribution is -0.137. The van der Waals surface area contributed by atoms with Crippen LogP contribution in [0.5, 0.6) is 0 Å². The fourth-order valence-corrected chi connectivity index (χ4v) is 3.98. The van der Waals surface area contributed by atoms with Crippen molar-refractivity contribution in [2.24, 2.45) is 0 Å². The third-order valence-corrected chi connectivity index (χ3v) is 5.43. The molecule has 1 amide bonds. The van der Waals surface area contributed by atoms with Crippen LogP contribution in [-0.2, 0) is 23.8 Å². The van der Waals surface area contributed by atoms with Crippen molar-refractivity contribution in [3.8, 4) is 0 Å². The molecule has 1 aliphatic carbocycles. The summed E-state index contributed by atoms with van der Waals surface area (Å²) in [5.74, 6) is -0.332. The second-order valence-corrected chi connectivity index (χ2v) is 7.43. The first-order valence-electron chi connectivity index (χ1n) is 9.57. The summed E-state index contributed by atoms with van der Waals surface area (Å²) in [7, 11) is 0. The van der Waals surface area contributed by atoms with E-state index in [-0.39, 0.29) is 5.91 Å². The summed E-state index contributed by atoms with van der Waals surface area (Å²) in [6.45, 7) is 0.459. The molecule has 2 aliphatic rings. The van der Waals surface area contributed by atoms with Crippen molar-refractivity contribution >= 4 is 22.9 Å². The molecule has 152 valence electrons. The number of aryl methyl sites for hydroxylation is 1. The number of carbonyl (C=O) groups excluding carboxylic acids is 1. The minimum Gasteiger partial charge on any atom is -0.393 e. The first-order valence-corrected chi connectivity index (χ1v) is 9.57. The molecule has 0 saturated heterocycles. The number of aliphatic hydroxyl groups is 1. The van der Waals surface area contributed by atoms with Crippen LogP contribution in [0.15, 0.2) is 42.5 Å². The number of rotatable bonds is 2. The molecule has 0 saturated carbocycles. The van der Waals surface area contributed by atoms with Crippen molar-refractivity contribution in [2.75, 3.05) is 17.2 Å². The molecule has 4 rings (SSSR count). The molecule has 4 nitrogen and oxygen atoms in total. The molecule has 29 heavy (non-hydrogen) atoms. The number of fused-ring (bicyclic) bond motifs is 2. The lowest BCUT2D eigenvalue weighted by atomic mass is 9.88. The Bertz CT molecular complexity index is 983. The van der Waals surface area contributed by atoms with Crippen LogP contribution in [0.4, 0.5) is 24.5 Å². The summed E-state index contributed by atoms with van der Waals surface area (Å²) in [5.41, 5.74) is 3.69. The standard InChI is InChI=1S/C22H21F3N2O2/c23-22(24,25)15-5-7-17-14(8-9-26-20(17)11-15)10-21(29)27-19-3-1-2-13-4-6-16(28)12-18(13)19/h1-3,5,7,10-11,16,26,28H,4,6,8-9,12H2,(H,27,29)/b14-10+. The lowest BCUT2D eigenvalue weighted by Gasteiger charge is -2.24. The number of carbonyl (C=O) groups is 1. The van der Waals surface area contributed by atoms with Gasteiger partial charge in [-0.15, -0.1) is 0 Å². The summed E-state index contributed by atoms with van der Waals surface area (Å²) >= 11 is 0. The Balaban J connectivity index is 1.58. The van der Waals surface area contributed by atoms with Crippen molar-refractivity contribution < 1.29 is 23.1 Å². The minimum atomic E-state index is -4.41. The molecule has 2 aromatic carbocycles. The van der Waals surface area contributed by atoms with Gasteiger partial charge in [0.25, 0.3) is 0 Å². The van der Waals surface area contributed by atoms with Gasteiger partial charge in [0.15, 0.2) is 0 Å². The lowest BCUT2D eigenvalue weighted by Crippen LogP contribution is -2.21. The van der Waals surface area contributed by atoms with Crippen LogP contribution in [0.1, 0.15) is 35.1 Å². The highest BCUT2D eigenvalue weighted by Gasteiger charge is 2.31. The van der Waals surface area contributed by atoms with Crippen LogP contribution in [0.25, 0.3) is 5.57 Å². The molecule has 1 atom stereocenters. The maximum absolute atomic E-state index is 12.9. The van der Waals surface area contributed by atoms with Crippen molar-refractivity contribution in [2.45, 2.75) is 38.0 Å². The molecule has 7 heteroatoms. The van der Waals surface area contributed by atoms with E-state index >= 15 is 0 Å². The number of amides is 1. The molecule has 0 spiro atoms. The van der Waals surface area contributed by atoms with Crippen LogP contribution in [0.2, 0.25) is 0 Å². The quantitative estimate of drug-likeness (QED) is 0.653. The summed E-state index contributed by atoms with van der Waals surface area (Å²) in [5, 5.41) is 15.8. The zero-order chi connectivity index (χ0) is 20.6. The Kier molecular flexibility index (Phi) is 5.08. The van der Waals surface area contributed by atoms with Gasteiger partial charge in [0.1, 0.15) is 0 Å². The van der Waals surface area contributed by atoms with E-state index in [0.29, 0.717) is 48.3 Å². The summed E-state index contributed by atoms with van der Waals surface area (Å²) < 4.78 is 38.8. The number of benzene rings is 2. The third-order valence-electron chi connectivity index (χ3n) is 5.43. The smallest absolute Gasteiger partial charge is 0.393 e. The monoisotopic (exact) mass is 402 g/mol. The Hall–Kier alpha value is -2.80. The van der Waals surface area contributed by atoms with Gasteiger partial charge >= 0.3 is 6.18 Å². The normalized spacial score (nSPS) is 19.9. The van der Waals surface area contributed by atoms with Crippen LogP contribution < -0.4 is 10.6 Å². The number of halogens is 3. The van der Waals surface area contributed by atoms with Crippen molar-refractivity contribution in [1.29, 1.82) is 0 Å². The van der Waals surface area contributed by atoms with Gasteiger partial charge in [-0.2, -0.15) is 13.2 Å². The third kappa shape index (κ3) is 4.15. The highest BCUT2D eigenvalue weighted by atomic mass is 19.4. The first kappa shape index (κ1) is 19.5. The molecule has 3 N–H and O–H groups in total. The fraction of sp³-hybridized carbons (Fsp3) is 0.318. The van der Waals surface area contributed by atoms with E-state index in [9.17, 15) is 23.1 Å². The van der Waals surface area contributed by atoms with Gasteiger partial charge in [-0.3, -0.25) is 4.79 Å². The predicted octanol–water partition coefficient (Wildman–Crippen LogP) is 4.39. The average Bonchev–Trinajstić information content (AvgIpc) is 2.67. The number of nitrogens with one attached hydrogen (secondary N) is 2. The van der Waals surface area contributed by atoms with Crippen LogP contribution in [0.3, 0.4) is 0 Å². The van der Waals surface area contributed by atoms with Crippen LogP contribution >= 0.6 is 0 Å². The van der Waals surface area contributed by atoms with Gasteiger partial charge < -0.3 is 15.7 Å². The van der Waals surface area contributed by atoms with E-state index in [0.717, 1.165) is 29.7 Å². The molecule has 0 aromatic heterocycles. The van der Waals surface area contributed by atoms with E-state index in [4.69, 9.17) is 0 Å². The van der Waals surface area contributed by atoms with Gasteiger partial charge in [0, 0.05) is 36.0 Å². The SMILES string of the molecule is O=C(/C=C1\CCNc2cc(C(F)(F)F)ccc21)Nc1cccc2c1CC(O)CC2. The first-order chi connectivity index (χ1) is 13.8. The molecule has 0 bridgehead atoms. The maximum Gasteiger partial charge on any atom is 0.416 e. The number of hydrogen-bond acceptors (Lipinski definition) is 3. The minimum absolute atomic E-state index is 0.332. The highest BCUT2D eigenvalue weighted by Crippen LogP contribution is 2.37. The van der Waals surface area contributed by atoms with E-state index in [2.05, 4.69) is 10.6 Å². The van der Waals surface area contributed by atoms with Crippen LogP contribution in [-0.4, -0.2) is 23.7 Å².